The Morgan fingerprint density at radius 1 is 1.43 bits per heavy atom. The first-order chi connectivity index (χ1) is 10.1. The van der Waals surface area contributed by atoms with Crippen LogP contribution in [0.2, 0.25) is 5.02 Å². The van der Waals surface area contributed by atoms with Crippen molar-refractivity contribution in [2.75, 3.05) is 18.4 Å². The van der Waals surface area contributed by atoms with E-state index in [-0.39, 0.29) is 11.9 Å². The monoisotopic (exact) mass is 306 g/mol. The lowest BCUT2D eigenvalue weighted by Gasteiger charge is -2.29. The molecule has 0 unspecified atom stereocenters. The molecule has 0 bridgehead atoms. The molecule has 0 fully saturated rings. The van der Waals surface area contributed by atoms with E-state index in [2.05, 4.69) is 5.32 Å². The van der Waals surface area contributed by atoms with Crippen molar-refractivity contribution in [3.63, 3.8) is 0 Å². The van der Waals surface area contributed by atoms with Gasteiger partial charge in [-0.3, -0.25) is 0 Å². The number of hydrogen-bond donors (Lipinski definition) is 2. The summed E-state index contributed by atoms with van der Waals surface area (Å²) in [5, 5.41) is 3.74. The lowest BCUT2D eigenvalue weighted by Crippen LogP contribution is -2.37. The molecular formula is C16H16ClFN2O. The van der Waals surface area contributed by atoms with Gasteiger partial charge < -0.3 is 15.8 Å². The van der Waals surface area contributed by atoms with Gasteiger partial charge in [0.25, 0.3) is 0 Å². The molecule has 21 heavy (non-hydrogen) atoms. The summed E-state index contributed by atoms with van der Waals surface area (Å²) < 4.78 is 19.8. The first-order valence-corrected chi connectivity index (χ1v) is 7.17. The lowest BCUT2D eigenvalue weighted by molar-refractivity contribution is 0.215. The number of anilines is 1. The molecule has 0 saturated carbocycles. The van der Waals surface area contributed by atoms with E-state index in [4.69, 9.17) is 22.1 Å². The van der Waals surface area contributed by atoms with E-state index >= 15 is 0 Å². The van der Waals surface area contributed by atoms with E-state index < -0.39 is 0 Å². The topological polar surface area (TPSA) is 47.3 Å². The second kappa shape index (κ2) is 5.54. The van der Waals surface area contributed by atoms with Crippen molar-refractivity contribution < 1.29 is 9.13 Å². The van der Waals surface area contributed by atoms with Crippen LogP contribution in [0.15, 0.2) is 30.3 Å². The maximum Gasteiger partial charge on any atom is 0.151 e. The predicted molar refractivity (Wildman–Crippen MR) is 83.5 cm³/mol. The summed E-state index contributed by atoms with van der Waals surface area (Å²) in [6, 6.07) is 8.48. The Bertz CT molecular complexity index is 670. The zero-order valence-corrected chi connectivity index (χ0v) is 12.4. The molecule has 3 rings (SSSR count). The number of nitrogens with one attached hydrogen (secondary N) is 1. The summed E-state index contributed by atoms with van der Waals surface area (Å²) in [6.45, 7) is 2.90. The minimum absolute atomic E-state index is 0.135. The number of rotatable bonds is 2. The van der Waals surface area contributed by atoms with Crippen LogP contribution in [0.25, 0.3) is 11.1 Å². The summed E-state index contributed by atoms with van der Waals surface area (Å²) in [5.41, 5.74) is 8.71. The Hall–Kier alpha value is -1.78. The van der Waals surface area contributed by atoms with Crippen molar-refractivity contribution in [2.45, 2.75) is 13.0 Å². The van der Waals surface area contributed by atoms with Crippen LogP contribution in [-0.2, 0) is 0 Å². The van der Waals surface area contributed by atoms with Crippen molar-refractivity contribution in [3.05, 3.63) is 46.7 Å². The van der Waals surface area contributed by atoms with E-state index in [1.807, 2.05) is 19.1 Å². The molecule has 0 spiro atoms. The fourth-order valence-corrected chi connectivity index (χ4v) is 2.90. The molecule has 1 heterocycles. The van der Waals surface area contributed by atoms with Gasteiger partial charge in [-0.15, -0.1) is 0 Å². The summed E-state index contributed by atoms with van der Waals surface area (Å²) in [7, 11) is 0. The van der Waals surface area contributed by atoms with Crippen LogP contribution >= 0.6 is 11.6 Å². The molecule has 1 aliphatic rings. The zero-order valence-electron chi connectivity index (χ0n) is 11.6. The number of fused-ring (bicyclic) bond motifs is 1. The van der Waals surface area contributed by atoms with Crippen LogP contribution < -0.4 is 15.8 Å². The molecule has 0 radical (unpaired) electrons. The van der Waals surface area contributed by atoms with Crippen molar-refractivity contribution in [3.8, 4) is 16.9 Å². The Morgan fingerprint density at radius 3 is 2.95 bits per heavy atom. The summed E-state index contributed by atoms with van der Waals surface area (Å²) in [6.07, 6.45) is -0.135. The molecule has 3 N–H and O–H groups in total. The SMILES string of the molecule is Cc1cccc(Cl)c1-c1cc(F)cc2c1O[C@@H](CN)CN2. The van der Waals surface area contributed by atoms with Crippen LogP contribution in [-0.4, -0.2) is 19.2 Å². The summed E-state index contributed by atoms with van der Waals surface area (Å²) in [4.78, 5) is 0. The Balaban J connectivity index is 2.21. The molecule has 3 nitrogen and oxygen atoms in total. The van der Waals surface area contributed by atoms with E-state index in [0.717, 1.165) is 11.1 Å². The first kappa shape index (κ1) is 14.2. The van der Waals surface area contributed by atoms with Gasteiger partial charge in [0.2, 0.25) is 0 Å². The van der Waals surface area contributed by atoms with Gasteiger partial charge in [-0.1, -0.05) is 23.7 Å². The lowest BCUT2D eigenvalue weighted by atomic mass is 9.98. The highest BCUT2D eigenvalue weighted by Crippen LogP contribution is 2.43. The van der Waals surface area contributed by atoms with Gasteiger partial charge in [0.1, 0.15) is 11.9 Å². The molecular weight excluding hydrogens is 291 g/mol. The predicted octanol–water partition coefficient (Wildman–Crippen LogP) is 3.59. The highest BCUT2D eigenvalue weighted by Gasteiger charge is 2.24. The number of ether oxygens (including phenoxy) is 1. The number of halogens is 2. The second-order valence-electron chi connectivity index (χ2n) is 5.12. The fourth-order valence-electron chi connectivity index (χ4n) is 2.57. The van der Waals surface area contributed by atoms with Crippen molar-refractivity contribution >= 4 is 17.3 Å². The highest BCUT2D eigenvalue weighted by atomic mass is 35.5. The molecule has 5 heteroatoms. The minimum Gasteiger partial charge on any atom is -0.484 e. The van der Waals surface area contributed by atoms with Crippen LogP contribution in [0.1, 0.15) is 5.56 Å². The van der Waals surface area contributed by atoms with Gasteiger partial charge >= 0.3 is 0 Å². The van der Waals surface area contributed by atoms with E-state index in [0.29, 0.717) is 35.1 Å². The van der Waals surface area contributed by atoms with E-state index in [1.165, 1.54) is 12.1 Å². The normalized spacial score (nSPS) is 16.9. The third kappa shape index (κ3) is 2.57. The molecule has 110 valence electrons. The van der Waals surface area contributed by atoms with Crippen molar-refractivity contribution in [1.82, 2.24) is 0 Å². The average Bonchev–Trinajstić information content (AvgIpc) is 2.46. The van der Waals surface area contributed by atoms with Crippen LogP contribution in [0.3, 0.4) is 0 Å². The van der Waals surface area contributed by atoms with Crippen molar-refractivity contribution in [1.29, 1.82) is 0 Å². The number of benzene rings is 2. The molecule has 1 atom stereocenters. The Morgan fingerprint density at radius 2 is 2.24 bits per heavy atom. The molecule has 0 saturated heterocycles. The third-order valence-corrected chi connectivity index (χ3v) is 3.93. The van der Waals surface area contributed by atoms with Gasteiger partial charge in [-0.05, 0) is 24.6 Å². The second-order valence-corrected chi connectivity index (χ2v) is 5.53. The standard InChI is InChI=1S/C16H16ClFN2O/c1-9-3-2-4-13(17)15(9)12-5-10(18)6-14-16(12)21-11(7-19)8-20-14/h2-6,11,20H,7-8,19H2,1H3/t11-/m0/s1. The molecule has 2 aromatic rings. The molecule has 0 amide bonds. The summed E-state index contributed by atoms with van der Waals surface area (Å²) >= 11 is 6.31. The van der Waals surface area contributed by atoms with Gasteiger partial charge in [0, 0.05) is 28.8 Å². The van der Waals surface area contributed by atoms with Gasteiger partial charge in [0.05, 0.1) is 12.2 Å². The minimum atomic E-state index is -0.328. The molecule has 0 aliphatic carbocycles. The fraction of sp³-hybridized carbons (Fsp3) is 0.250. The third-order valence-electron chi connectivity index (χ3n) is 3.61. The number of hydrogen-bond acceptors (Lipinski definition) is 3. The molecule has 1 aliphatic heterocycles. The summed E-state index contributed by atoms with van der Waals surface area (Å²) in [5.74, 6) is 0.277. The Kier molecular flexibility index (Phi) is 3.74. The highest BCUT2D eigenvalue weighted by molar-refractivity contribution is 6.33. The first-order valence-electron chi connectivity index (χ1n) is 6.79. The molecule has 2 aromatic carbocycles. The molecule has 0 aromatic heterocycles. The largest absolute Gasteiger partial charge is 0.484 e. The smallest absolute Gasteiger partial charge is 0.151 e. The van der Waals surface area contributed by atoms with E-state index in [9.17, 15) is 4.39 Å². The quantitative estimate of drug-likeness (QED) is 0.891. The number of aryl methyl sites for hydroxylation is 1. The average molecular weight is 307 g/mol. The van der Waals surface area contributed by atoms with Crippen molar-refractivity contribution in [2.24, 2.45) is 5.73 Å². The number of nitrogens with two attached hydrogens (primary N) is 1. The van der Waals surface area contributed by atoms with Crippen LogP contribution in [0, 0.1) is 12.7 Å². The maximum absolute atomic E-state index is 13.9. The van der Waals surface area contributed by atoms with Crippen LogP contribution in [0.4, 0.5) is 10.1 Å². The Labute approximate surface area is 127 Å². The van der Waals surface area contributed by atoms with Gasteiger partial charge in [-0.2, -0.15) is 0 Å². The zero-order chi connectivity index (χ0) is 15.0. The maximum atomic E-state index is 13.9. The van der Waals surface area contributed by atoms with E-state index in [1.54, 1.807) is 6.07 Å². The van der Waals surface area contributed by atoms with Gasteiger partial charge in [-0.25, -0.2) is 4.39 Å². The van der Waals surface area contributed by atoms with Crippen LogP contribution in [0.5, 0.6) is 5.75 Å². The van der Waals surface area contributed by atoms with Gasteiger partial charge in [0.15, 0.2) is 5.75 Å².